The number of fused-ring (bicyclic) bond motifs is 5. The molecule has 1 aromatic rings. The molecule has 3 saturated carbocycles. The Labute approximate surface area is 133 Å². The van der Waals surface area contributed by atoms with E-state index in [1.165, 1.54) is 32.1 Å². The van der Waals surface area contributed by atoms with Crippen LogP contribution in [0.15, 0.2) is 30.8 Å². The lowest BCUT2D eigenvalue weighted by atomic mass is 9.80. The first-order valence-corrected chi connectivity index (χ1v) is 8.79. The Morgan fingerprint density at radius 3 is 2.64 bits per heavy atom. The van der Waals surface area contributed by atoms with Crippen molar-refractivity contribution in [2.45, 2.75) is 51.4 Å². The third-order valence-electron chi connectivity index (χ3n) is 6.15. The molecule has 6 unspecified atom stereocenters. The highest BCUT2D eigenvalue weighted by molar-refractivity contribution is 5.48. The van der Waals surface area contributed by atoms with Crippen LogP contribution in [0.1, 0.15) is 44.6 Å². The lowest BCUT2D eigenvalue weighted by Crippen LogP contribution is -2.34. The smallest absolute Gasteiger partial charge is 0.197 e. The zero-order valence-corrected chi connectivity index (χ0v) is 13.4. The van der Waals surface area contributed by atoms with Gasteiger partial charge in [-0.15, -0.1) is 0 Å². The van der Waals surface area contributed by atoms with Gasteiger partial charge in [0.15, 0.2) is 6.29 Å². The molecule has 0 aliphatic heterocycles. The standard InChI is InChI=1S/C20H26O2/c1-3-14-7-9-16(10-8-14)21-13(2)22-20-12-15-11-19(20)18-6-4-5-17(15)18/h3,7-10,13,15,17-20H,1,4-6,11-12H2,2H3. The fraction of sp³-hybridized carbons (Fsp3) is 0.600. The lowest BCUT2D eigenvalue weighted by molar-refractivity contribution is -0.132. The summed E-state index contributed by atoms with van der Waals surface area (Å²) in [6.07, 6.45) is 9.11. The molecule has 0 radical (unpaired) electrons. The summed E-state index contributed by atoms with van der Waals surface area (Å²) < 4.78 is 12.2. The Balaban J connectivity index is 1.34. The normalized spacial score (nSPS) is 37.0. The molecule has 3 aliphatic rings. The molecule has 0 amide bonds. The van der Waals surface area contributed by atoms with Gasteiger partial charge in [-0.1, -0.05) is 31.2 Å². The first-order chi connectivity index (χ1) is 10.7. The molecule has 3 fully saturated rings. The van der Waals surface area contributed by atoms with Gasteiger partial charge in [-0.25, -0.2) is 0 Å². The summed E-state index contributed by atoms with van der Waals surface area (Å²) in [6.45, 7) is 5.80. The molecule has 1 aromatic carbocycles. The topological polar surface area (TPSA) is 18.5 Å². The molecule has 4 rings (SSSR count). The monoisotopic (exact) mass is 298 g/mol. The molecule has 3 aliphatic carbocycles. The van der Waals surface area contributed by atoms with E-state index < -0.39 is 0 Å². The SMILES string of the molecule is C=Cc1ccc(OC(C)OC2CC3CC2C2CCCC32)cc1. The fourth-order valence-corrected chi connectivity index (χ4v) is 5.31. The van der Waals surface area contributed by atoms with E-state index in [0.717, 1.165) is 35.0 Å². The average Bonchev–Trinajstić information content (AvgIpc) is 3.20. The Morgan fingerprint density at radius 2 is 1.86 bits per heavy atom. The van der Waals surface area contributed by atoms with Gasteiger partial charge in [0.1, 0.15) is 5.75 Å². The van der Waals surface area contributed by atoms with E-state index in [4.69, 9.17) is 9.47 Å². The molecule has 0 aromatic heterocycles. The van der Waals surface area contributed by atoms with Crippen molar-refractivity contribution in [1.29, 1.82) is 0 Å². The van der Waals surface area contributed by atoms with Gasteiger partial charge in [-0.05, 0) is 74.0 Å². The minimum atomic E-state index is -0.168. The van der Waals surface area contributed by atoms with Crippen LogP contribution in [-0.4, -0.2) is 12.4 Å². The maximum Gasteiger partial charge on any atom is 0.197 e. The van der Waals surface area contributed by atoms with E-state index in [1.54, 1.807) is 0 Å². The third-order valence-corrected chi connectivity index (χ3v) is 6.15. The van der Waals surface area contributed by atoms with Gasteiger partial charge in [-0.3, -0.25) is 0 Å². The fourth-order valence-electron chi connectivity index (χ4n) is 5.31. The van der Waals surface area contributed by atoms with Crippen molar-refractivity contribution in [1.82, 2.24) is 0 Å². The number of hydrogen-bond acceptors (Lipinski definition) is 2. The molecule has 0 heterocycles. The van der Waals surface area contributed by atoms with Gasteiger partial charge in [-0.2, -0.15) is 0 Å². The summed E-state index contributed by atoms with van der Waals surface area (Å²) in [5, 5.41) is 0. The van der Waals surface area contributed by atoms with Gasteiger partial charge < -0.3 is 9.47 Å². The van der Waals surface area contributed by atoms with Crippen LogP contribution in [0.3, 0.4) is 0 Å². The maximum atomic E-state index is 6.27. The zero-order chi connectivity index (χ0) is 15.1. The first-order valence-electron chi connectivity index (χ1n) is 8.79. The molecule has 2 heteroatoms. The van der Waals surface area contributed by atoms with Gasteiger partial charge in [0.25, 0.3) is 0 Å². The second-order valence-electron chi connectivity index (χ2n) is 7.29. The van der Waals surface area contributed by atoms with Crippen LogP contribution in [-0.2, 0) is 4.74 Å². The molecule has 0 saturated heterocycles. The maximum absolute atomic E-state index is 6.27. The minimum absolute atomic E-state index is 0.168. The summed E-state index contributed by atoms with van der Waals surface area (Å²) in [6, 6.07) is 8.03. The molecule has 2 nitrogen and oxygen atoms in total. The second-order valence-corrected chi connectivity index (χ2v) is 7.29. The van der Waals surface area contributed by atoms with Gasteiger partial charge >= 0.3 is 0 Å². The molecule has 22 heavy (non-hydrogen) atoms. The summed E-state index contributed by atoms with van der Waals surface area (Å²) >= 11 is 0. The van der Waals surface area contributed by atoms with Crippen molar-refractivity contribution in [3.05, 3.63) is 36.4 Å². The summed E-state index contributed by atoms with van der Waals surface area (Å²) in [5.41, 5.74) is 1.11. The minimum Gasteiger partial charge on any atom is -0.465 e. The highest BCUT2D eigenvalue weighted by Crippen LogP contribution is 2.59. The largest absolute Gasteiger partial charge is 0.465 e. The number of rotatable bonds is 5. The van der Waals surface area contributed by atoms with Gasteiger partial charge in [0, 0.05) is 0 Å². The number of hydrogen-bond donors (Lipinski definition) is 0. The van der Waals surface area contributed by atoms with E-state index in [2.05, 4.69) is 6.58 Å². The molecule has 0 N–H and O–H groups in total. The van der Waals surface area contributed by atoms with E-state index in [0.29, 0.717) is 6.10 Å². The second kappa shape index (κ2) is 5.73. The van der Waals surface area contributed by atoms with Crippen molar-refractivity contribution in [3.63, 3.8) is 0 Å². The molecular weight excluding hydrogens is 272 g/mol. The summed E-state index contributed by atoms with van der Waals surface area (Å²) in [7, 11) is 0. The van der Waals surface area contributed by atoms with Crippen molar-refractivity contribution < 1.29 is 9.47 Å². The van der Waals surface area contributed by atoms with Crippen LogP contribution >= 0.6 is 0 Å². The lowest BCUT2D eigenvalue weighted by Gasteiger charge is -2.33. The quantitative estimate of drug-likeness (QED) is 0.720. The molecule has 118 valence electrons. The molecule has 2 bridgehead atoms. The molecule has 0 spiro atoms. The van der Waals surface area contributed by atoms with Gasteiger partial charge in [0.2, 0.25) is 0 Å². The highest BCUT2D eigenvalue weighted by Gasteiger charge is 2.54. The Hall–Kier alpha value is -1.28. The predicted molar refractivity (Wildman–Crippen MR) is 88.5 cm³/mol. The van der Waals surface area contributed by atoms with Crippen LogP contribution in [0.4, 0.5) is 0 Å². The average molecular weight is 298 g/mol. The summed E-state index contributed by atoms with van der Waals surface area (Å²) in [4.78, 5) is 0. The number of benzene rings is 1. The van der Waals surface area contributed by atoms with E-state index >= 15 is 0 Å². The molecular formula is C20H26O2. The van der Waals surface area contributed by atoms with E-state index in [-0.39, 0.29) is 6.29 Å². The van der Waals surface area contributed by atoms with Crippen LogP contribution in [0, 0.1) is 23.7 Å². The Morgan fingerprint density at radius 1 is 1.09 bits per heavy atom. The third kappa shape index (κ3) is 2.48. The first kappa shape index (κ1) is 14.3. The summed E-state index contributed by atoms with van der Waals surface area (Å²) in [5.74, 6) is 4.57. The Bertz CT molecular complexity index is 535. The Kier molecular flexibility index (Phi) is 3.73. The van der Waals surface area contributed by atoms with E-state index in [1.807, 2.05) is 37.3 Å². The van der Waals surface area contributed by atoms with Crippen LogP contribution in [0.2, 0.25) is 0 Å². The van der Waals surface area contributed by atoms with E-state index in [9.17, 15) is 0 Å². The van der Waals surface area contributed by atoms with Crippen molar-refractivity contribution in [2.24, 2.45) is 23.7 Å². The van der Waals surface area contributed by atoms with Crippen molar-refractivity contribution in [3.8, 4) is 5.75 Å². The van der Waals surface area contributed by atoms with Gasteiger partial charge in [0.05, 0.1) is 6.10 Å². The van der Waals surface area contributed by atoms with Crippen molar-refractivity contribution in [2.75, 3.05) is 0 Å². The number of ether oxygens (including phenoxy) is 2. The van der Waals surface area contributed by atoms with Crippen LogP contribution in [0.5, 0.6) is 5.75 Å². The molecule has 6 atom stereocenters. The van der Waals surface area contributed by atoms with Crippen LogP contribution < -0.4 is 4.74 Å². The predicted octanol–water partition coefficient (Wildman–Crippen LogP) is 4.90. The van der Waals surface area contributed by atoms with Crippen molar-refractivity contribution >= 4 is 6.08 Å². The van der Waals surface area contributed by atoms with Crippen LogP contribution in [0.25, 0.3) is 6.08 Å². The highest BCUT2D eigenvalue weighted by atomic mass is 16.7. The zero-order valence-electron chi connectivity index (χ0n) is 13.4.